The molecule has 5 heteroatoms. The summed E-state index contributed by atoms with van der Waals surface area (Å²) in [6, 6.07) is 13.2. The molecular formula is C15H12BrN3O. The second kappa shape index (κ2) is 5.09. The molecule has 0 saturated carbocycles. The predicted octanol–water partition coefficient (Wildman–Crippen LogP) is 2.79. The van der Waals surface area contributed by atoms with Crippen LogP contribution in [0.3, 0.4) is 0 Å². The van der Waals surface area contributed by atoms with Crippen LogP contribution in [0, 0.1) is 0 Å². The van der Waals surface area contributed by atoms with E-state index in [0.717, 1.165) is 21.1 Å². The number of anilines is 1. The third-order valence-corrected chi connectivity index (χ3v) is 3.53. The molecule has 1 aromatic heterocycles. The van der Waals surface area contributed by atoms with E-state index < -0.39 is 0 Å². The molecule has 0 aliphatic carbocycles. The minimum atomic E-state index is -0.123. The number of para-hydroxylation sites is 2. The van der Waals surface area contributed by atoms with E-state index >= 15 is 0 Å². The maximum absolute atomic E-state index is 12.1. The number of rotatable bonds is 2. The second-order valence-corrected chi connectivity index (χ2v) is 5.48. The molecule has 0 amide bonds. The lowest BCUT2D eigenvalue weighted by molar-refractivity contribution is 0.787. The molecule has 0 bridgehead atoms. The molecule has 0 saturated heterocycles. The molecule has 0 radical (unpaired) electrons. The van der Waals surface area contributed by atoms with Crippen molar-refractivity contribution in [1.82, 2.24) is 9.55 Å². The van der Waals surface area contributed by atoms with Crippen molar-refractivity contribution in [2.24, 2.45) is 0 Å². The van der Waals surface area contributed by atoms with Crippen LogP contribution in [-0.2, 0) is 6.54 Å². The highest BCUT2D eigenvalue weighted by Gasteiger charge is 2.05. The van der Waals surface area contributed by atoms with E-state index in [-0.39, 0.29) is 5.56 Å². The number of hydrogen-bond acceptors (Lipinski definition) is 3. The summed E-state index contributed by atoms with van der Waals surface area (Å²) in [5.74, 6) is 0. The van der Waals surface area contributed by atoms with Crippen LogP contribution in [0.15, 0.2) is 57.9 Å². The number of fused-ring (bicyclic) bond motifs is 1. The minimum absolute atomic E-state index is 0.123. The second-order valence-electron chi connectivity index (χ2n) is 4.56. The van der Waals surface area contributed by atoms with Gasteiger partial charge < -0.3 is 10.3 Å². The molecule has 0 aliphatic rings. The normalized spacial score (nSPS) is 10.8. The van der Waals surface area contributed by atoms with E-state index in [1.165, 1.54) is 6.20 Å². The Kier molecular flexibility index (Phi) is 3.28. The highest BCUT2D eigenvalue weighted by atomic mass is 79.9. The summed E-state index contributed by atoms with van der Waals surface area (Å²) in [4.78, 5) is 16.2. The van der Waals surface area contributed by atoms with Crippen LogP contribution in [0.2, 0.25) is 0 Å². The van der Waals surface area contributed by atoms with Crippen LogP contribution in [0.25, 0.3) is 11.0 Å². The van der Waals surface area contributed by atoms with Crippen LogP contribution in [0.4, 0.5) is 5.69 Å². The smallest absolute Gasteiger partial charge is 0.269 e. The molecule has 2 N–H and O–H groups in total. The first-order valence-corrected chi connectivity index (χ1v) is 6.92. The van der Waals surface area contributed by atoms with Gasteiger partial charge in [0.05, 0.1) is 23.8 Å². The number of aromatic nitrogens is 2. The van der Waals surface area contributed by atoms with Gasteiger partial charge in [0.1, 0.15) is 0 Å². The van der Waals surface area contributed by atoms with E-state index in [4.69, 9.17) is 5.73 Å². The molecular weight excluding hydrogens is 318 g/mol. The lowest BCUT2D eigenvalue weighted by atomic mass is 10.2. The van der Waals surface area contributed by atoms with Gasteiger partial charge in [-0.05, 0) is 35.9 Å². The van der Waals surface area contributed by atoms with Crippen LogP contribution in [-0.4, -0.2) is 9.55 Å². The van der Waals surface area contributed by atoms with Gasteiger partial charge in [-0.3, -0.25) is 4.79 Å². The van der Waals surface area contributed by atoms with Crippen molar-refractivity contribution < 1.29 is 0 Å². The molecule has 4 nitrogen and oxygen atoms in total. The summed E-state index contributed by atoms with van der Waals surface area (Å²) in [6.45, 7) is 0.464. The molecule has 0 spiro atoms. The maximum atomic E-state index is 12.1. The number of halogens is 1. The number of benzene rings is 2. The molecule has 20 heavy (non-hydrogen) atoms. The zero-order valence-corrected chi connectivity index (χ0v) is 12.2. The Morgan fingerprint density at radius 2 is 2.00 bits per heavy atom. The van der Waals surface area contributed by atoms with Crippen LogP contribution >= 0.6 is 15.9 Å². The van der Waals surface area contributed by atoms with Gasteiger partial charge in [-0.25, -0.2) is 4.98 Å². The molecule has 3 rings (SSSR count). The van der Waals surface area contributed by atoms with Crippen molar-refractivity contribution in [2.75, 3.05) is 5.73 Å². The van der Waals surface area contributed by atoms with Gasteiger partial charge in [-0.1, -0.05) is 28.1 Å². The average molecular weight is 330 g/mol. The highest BCUT2D eigenvalue weighted by Crippen LogP contribution is 2.19. The fraction of sp³-hybridized carbons (Fsp3) is 0.0667. The van der Waals surface area contributed by atoms with Gasteiger partial charge in [-0.2, -0.15) is 0 Å². The lowest BCUT2D eigenvalue weighted by Crippen LogP contribution is -2.21. The molecule has 2 aromatic carbocycles. The highest BCUT2D eigenvalue weighted by molar-refractivity contribution is 9.10. The van der Waals surface area contributed by atoms with E-state index in [1.54, 1.807) is 4.57 Å². The van der Waals surface area contributed by atoms with Crippen molar-refractivity contribution in [1.29, 1.82) is 0 Å². The molecule has 0 aliphatic heterocycles. The quantitative estimate of drug-likeness (QED) is 0.735. The van der Waals surface area contributed by atoms with Crippen molar-refractivity contribution in [3.8, 4) is 0 Å². The van der Waals surface area contributed by atoms with Gasteiger partial charge >= 0.3 is 0 Å². The van der Waals surface area contributed by atoms with Gasteiger partial charge in [-0.15, -0.1) is 0 Å². The fourth-order valence-corrected chi connectivity index (χ4v) is 2.79. The number of nitrogen functional groups attached to an aromatic ring is 1. The molecule has 0 fully saturated rings. The Morgan fingerprint density at radius 3 is 2.80 bits per heavy atom. The standard InChI is InChI=1S/C15H12BrN3O/c16-11-5-10(6-12(17)7-11)9-19-14-4-2-1-3-13(14)18-8-15(19)20/h1-8H,9,17H2. The van der Waals surface area contributed by atoms with E-state index in [2.05, 4.69) is 20.9 Å². The first-order valence-electron chi connectivity index (χ1n) is 6.13. The molecule has 100 valence electrons. The van der Waals surface area contributed by atoms with Crippen LogP contribution in [0.5, 0.6) is 0 Å². The molecule has 0 atom stereocenters. The number of hydrogen-bond donors (Lipinski definition) is 1. The zero-order chi connectivity index (χ0) is 14.1. The first kappa shape index (κ1) is 12.9. The third-order valence-electron chi connectivity index (χ3n) is 3.07. The van der Waals surface area contributed by atoms with Gasteiger partial charge in [0.25, 0.3) is 5.56 Å². The Bertz CT molecular complexity index is 822. The van der Waals surface area contributed by atoms with Crippen molar-refractivity contribution in [3.63, 3.8) is 0 Å². The minimum Gasteiger partial charge on any atom is -0.399 e. The summed E-state index contributed by atoms with van der Waals surface area (Å²) >= 11 is 3.41. The summed E-state index contributed by atoms with van der Waals surface area (Å²) in [6.07, 6.45) is 1.35. The van der Waals surface area contributed by atoms with Gasteiger partial charge in [0.2, 0.25) is 0 Å². The van der Waals surface area contributed by atoms with Gasteiger partial charge in [0, 0.05) is 10.2 Å². The van der Waals surface area contributed by atoms with E-state index in [1.807, 2.05) is 42.5 Å². The Labute approximate surface area is 124 Å². The summed E-state index contributed by atoms with van der Waals surface area (Å²) in [5.41, 5.74) is 8.97. The summed E-state index contributed by atoms with van der Waals surface area (Å²) < 4.78 is 2.60. The number of nitrogens with two attached hydrogens (primary N) is 1. The fourth-order valence-electron chi connectivity index (χ4n) is 2.23. The van der Waals surface area contributed by atoms with Crippen molar-refractivity contribution >= 4 is 32.7 Å². The average Bonchev–Trinajstić information content (AvgIpc) is 2.41. The predicted molar refractivity (Wildman–Crippen MR) is 83.7 cm³/mol. The molecule has 1 heterocycles. The third kappa shape index (κ3) is 2.44. The summed E-state index contributed by atoms with van der Waals surface area (Å²) in [7, 11) is 0. The molecule has 3 aromatic rings. The largest absolute Gasteiger partial charge is 0.399 e. The monoisotopic (exact) mass is 329 g/mol. The zero-order valence-electron chi connectivity index (χ0n) is 10.6. The Morgan fingerprint density at radius 1 is 1.20 bits per heavy atom. The Hall–Kier alpha value is -2.14. The van der Waals surface area contributed by atoms with Gasteiger partial charge in [0.15, 0.2) is 0 Å². The first-order chi connectivity index (χ1) is 9.63. The topological polar surface area (TPSA) is 60.9 Å². The Balaban J connectivity index is 2.15. The maximum Gasteiger partial charge on any atom is 0.269 e. The number of nitrogens with zero attached hydrogens (tertiary/aromatic N) is 2. The summed E-state index contributed by atoms with van der Waals surface area (Å²) in [5, 5.41) is 0. The van der Waals surface area contributed by atoms with E-state index in [0.29, 0.717) is 12.2 Å². The lowest BCUT2D eigenvalue weighted by Gasteiger charge is -2.10. The SMILES string of the molecule is Nc1cc(Br)cc(Cn2c(=O)cnc3ccccc32)c1. The van der Waals surface area contributed by atoms with Crippen molar-refractivity contribution in [3.05, 3.63) is 69.1 Å². The van der Waals surface area contributed by atoms with E-state index in [9.17, 15) is 4.79 Å². The van der Waals surface area contributed by atoms with Crippen molar-refractivity contribution in [2.45, 2.75) is 6.54 Å². The van der Waals surface area contributed by atoms with Crippen LogP contribution < -0.4 is 11.3 Å². The van der Waals surface area contributed by atoms with Crippen LogP contribution in [0.1, 0.15) is 5.56 Å². The molecule has 0 unspecified atom stereocenters.